The molecule has 1 atom stereocenters. The van der Waals surface area contributed by atoms with Crippen LogP contribution in [0.4, 0.5) is 11.6 Å². The Morgan fingerprint density at radius 3 is 2.77 bits per heavy atom. The summed E-state index contributed by atoms with van der Waals surface area (Å²) in [7, 11) is 1.92. The van der Waals surface area contributed by atoms with Gasteiger partial charge in [-0.2, -0.15) is 9.61 Å². The Hall–Kier alpha value is -3.58. The summed E-state index contributed by atoms with van der Waals surface area (Å²) in [5, 5.41) is 26.4. The van der Waals surface area contributed by atoms with Gasteiger partial charge in [0.2, 0.25) is 0 Å². The molecular formula is C32H47N7O5. The average molecular weight is 610 g/mol. The molecule has 0 aromatic carbocycles. The van der Waals surface area contributed by atoms with E-state index in [1.54, 1.807) is 6.08 Å². The topological polar surface area (TPSA) is 138 Å². The van der Waals surface area contributed by atoms with E-state index in [-0.39, 0.29) is 6.61 Å². The number of rotatable bonds is 19. The fourth-order valence-corrected chi connectivity index (χ4v) is 5.31. The van der Waals surface area contributed by atoms with Crippen molar-refractivity contribution in [2.75, 3.05) is 69.9 Å². The number of hydrogen-bond acceptors (Lipinski definition) is 10. The number of anilines is 2. The largest absolute Gasteiger partial charge is 0.478 e. The van der Waals surface area contributed by atoms with Gasteiger partial charge >= 0.3 is 5.97 Å². The molecule has 1 aliphatic heterocycles. The van der Waals surface area contributed by atoms with Crippen LogP contribution >= 0.6 is 0 Å². The first kappa shape index (κ1) is 33.3. The second-order valence-electron chi connectivity index (χ2n) is 11.1. The summed E-state index contributed by atoms with van der Waals surface area (Å²) in [6.07, 6.45) is 12.3. The van der Waals surface area contributed by atoms with Gasteiger partial charge in [-0.05, 0) is 50.8 Å². The molecule has 0 saturated carbocycles. The molecule has 3 aromatic rings. The summed E-state index contributed by atoms with van der Waals surface area (Å²) in [6, 6.07) is 6.50. The first-order valence-electron chi connectivity index (χ1n) is 15.6. The molecule has 1 aliphatic rings. The third kappa shape index (κ3) is 9.98. The van der Waals surface area contributed by atoms with Gasteiger partial charge in [0.1, 0.15) is 11.6 Å². The number of carboxylic acid groups (broad SMARTS) is 1. The number of carboxylic acids is 1. The van der Waals surface area contributed by atoms with Crippen molar-refractivity contribution in [1.29, 1.82) is 0 Å². The summed E-state index contributed by atoms with van der Waals surface area (Å²) in [5.74, 6) is 0.887. The number of fused-ring (bicyclic) bond motifs is 1. The second kappa shape index (κ2) is 17.6. The molecular weight excluding hydrogens is 562 g/mol. The number of hydrogen-bond donors (Lipinski definition) is 3. The lowest BCUT2D eigenvalue weighted by Crippen LogP contribution is -2.40. The highest BCUT2D eigenvalue weighted by atomic mass is 16.5. The highest BCUT2D eigenvalue weighted by Gasteiger charge is 2.25. The summed E-state index contributed by atoms with van der Waals surface area (Å²) in [6.45, 7) is 7.28. The van der Waals surface area contributed by atoms with Crippen LogP contribution in [0.1, 0.15) is 49.4 Å². The number of pyridine rings is 1. The smallest absolute Gasteiger partial charge is 0.328 e. The van der Waals surface area contributed by atoms with Gasteiger partial charge in [-0.25, -0.2) is 9.78 Å². The third-order valence-electron chi connectivity index (χ3n) is 7.82. The molecule has 1 fully saturated rings. The van der Waals surface area contributed by atoms with Crippen molar-refractivity contribution in [1.82, 2.24) is 24.5 Å². The predicted molar refractivity (Wildman–Crippen MR) is 170 cm³/mol. The van der Waals surface area contributed by atoms with Gasteiger partial charge in [0.05, 0.1) is 32.6 Å². The molecule has 12 nitrogen and oxygen atoms in total. The Bertz CT molecular complexity index is 1330. The number of aliphatic hydroxyl groups is 1. The molecule has 12 heteroatoms. The minimum atomic E-state index is -0.936. The van der Waals surface area contributed by atoms with Crippen LogP contribution in [0.15, 0.2) is 42.7 Å². The van der Waals surface area contributed by atoms with Crippen LogP contribution in [0, 0.1) is 0 Å². The number of nitrogens with one attached hydrogen (secondary N) is 1. The fourth-order valence-electron chi connectivity index (χ4n) is 5.31. The fraction of sp³-hybridized carbons (Fsp3) is 0.562. The van der Waals surface area contributed by atoms with Crippen LogP contribution < -0.4 is 10.2 Å². The number of piperidine rings is 1. The third-order valence-corrected chi connectivity index (χ3v) is 7.82. The molecule has 0 unspecified atom stereocenters. The lowest BCUT2D eigenvalue weighted by molar-refractivity contribution is -0.131. The van der Waals surface area contributed by atoms with E-state index in [1.807, 2.05) is 34.9 Å². The molecule has 44 heavy (non-hydrogen) atoms. The standard InChI is InChI=1S/C32H47N7O5/c1-3-26-24-35-39-29(21-30(36-32(26)39)38-14-5-4-7-28(38)11-16-40)34-23-25-9-10-27(33-22-25)12-17-43-19-20-44-18-15-37(2)13-6-8-31(41)42/h6,8-10,21-22,24,28,34,40H,3-5,7,11-20,23H2,1-2H3,(H,41,42)/b8-6+/t28-/m0/s1. The molecule has 0 aliphatic carbocycles. The molecule has 4 rings (SSSR count). The first-order valence-corrected chi connectivity index (χ1v) is 15.6. The van der Waals surface area contributed by atoms with Crippen molar-refractivity contribution in [2.24, 2.45) is 0 Å². The van der Waals surface area contributed by atoms with Crippen molar-refractivity contribution in [3.8, 4) is 0 Å². The van der Waals surface area contributed by atoms with Gasteiger partial charge in [-0.3, -0.25) is 4.98 Å². The monoisotopic (exact) mass is 609 g/mol. The number of nitrogens with zero attached hydrogens (tertiary/aromatic N) is 6. The highest BCUT2D eigenvalue weighted by molar-refractivity contribution is 5.79. The minimum absolute atomic E-state index is 0.182. The number of carbonyl (C=O) groups is 1. The quantitative estimate of drug-likeness (QED) is 0.136. The summed E-state index contributed by atoms with van der Waals surface area (Å²) < 4.78 is 13.2. The molecule has 0 amide bonds. The summed E-state index contributed by atoms with van der Waals surface area (Å²) in [4.78, 5) is 24.5. The zero-order chi connectivity index (χ0) is 31.1. The number of ether oxygens (including phenoxy) is 2. The number of likely N-dealkylation sites (N-methyl/N-ethyl adjacent to an activating group) is 1. The molecule has 240 valence electrons. The lowest BCUT2D eigenvalue weighted by atomic mass is 9.99. The van der Waals surface area contributed by atoms with Crippen LogP contribution in [0.2, 0.25) is 0 Å². The normalized spacial score (nSPS) is 15.5. The number of aliphatic hydroxyl groups excluding tert-OH is 1. The van der Waals surface area contributed by atoms with Crippen LogP contribution in [-0.4, -0.2) is 106 Å². The van der Waals surface area contributed by atoms with Gasteiger partial charge < -0.3 is 34.8 Å². The maximum atomic E-state index is 10.5. The van der Waals surface area contributed by atoms with Gasteiger partial charge in [0.15, 0.2) is 5.65 Å². The zero-order valence-corrected chi connectivity index (χ0v) is 26.0. The Balaban J connectivity index is 1.23. The van der Waals surface area contributed by atoms with E-state index >= 15 is 0 Å². The molecule has 4 heterocycles. The highest BCUT2D eigenvalue weighted by Crippen LogP contribution is 2.29. The molecule has 0 spiro atoms. The van der Waals surface area contributed by atoms with Crippen LogP contribution in [0.25, 0.3) is 5.65 Å². The van der Waals surface area contributed by atoms with Crippen molar-refractivity contribution >= 4 is 23.3 Å². The minimum Gasteiger partial charge on any atom is -0.478 e. The van der Waals surface area contributed by atoms with E-state index in [9.17, 15) is 9.90 Å². The number of aryl methyl sites for hydroxylation is 1. The first-order chi connectivity index (χ1) is 21.5. The summed E-state index contributed by atoms with van der Waals surface area (Å²) in [5.41, 5.74) is 4.02. The van der Waals surface area contributed by atoms with E-state index in [0.717, 1.165) is 78.8 Å². The van der Waals surface area contributed by atoms with Gasteiger partial charge in [-0.1, -0.05) is 19.1 Å². The molecule has 0 radical (unpaired) electrons. The second-order valence-corrected chi connectivity index (χ2v) is 11.1. The molecule has 3 N–H and O–H groups in total. The Morgan fingerprint density at radius 2 is 2.02 bits per heavy atom. The van der Waals surface area contributed by atoms with E-state index in [2.05, 4.69) is 39.4 Å². The van der Waals surface area contributed by atoms with E-state index in [4.69, 9.17) is 19.6 Å². The van der Waals surface area contributed by atoms with Crippen LogP contribution in [0.3, 0.4) is 0 Å². The van der Waals surface area contributed by atoms with Crippen molar-refractivity contribution < 1.29 is 24.5 Å². The van der Waals surface area contributed by atoms with Crippen LogP contribution in [0.5, 0.6) is 0 Å². The number of aromatic nitrogens is 4. The van der Waals surface area contributed by atoms with Crippen molar-refractivity contribution in [2.45, 2.75) is 58.0 Å². The van der Waals surface area contributed by atoms with Gasteiger partial charge in [-0.15, -0.1) is 0 Å². The van der Waals surface area contributed by atoms with E-state index in [0.29, 0.717) is 52.1 Å². The maximum absolute atomic E-state index is 10.5. The SMILES string of the molecule is CCc1cnn2c(NCc3ccc(CCOCCOCCN(C)C/C=C/C(=O)O)nc3)cc(N3CCCC[C@H]3CCO)nc12. The van der Waals surface area contributed by atoms with E-state index in [1.165, 1.54) is 6.42 Å². The summed E-state index contributed by atoms with van der Waals surface area (Å²) >= 11 is 0. The zero-order valence-electron chi connectivity index (χ0n) is 26.0. The Labute approximate surface area is 259 Å². The molecule has 3 aromatic heterocycles. The van der Waals surface area contributed by atoms with Crippen molar-refractivity contribution in [3.63, 3.8) is 0 Å². The lowest BCUT2D eigenvalue weighted by Gasteiger charge is -2.36. The average Bonchev–Trinajstić information content (AvgIpc) is 3.45. The molecule has 1 saturated heterocycles. The Kier molecular flexibility index (Phi) is 13.4. The van der Waals surface area contributed by atoms with Crippen LogP contribution in [-0.2, 0) is 33.7 Å². The predicted octanol–water partition coefficient (Wildman–Crippen LogP) is 3.19. The van der Waals surface area contributed by atoms with Gasteiger partial charge in [0.25, 0.3) is 0 Å². The van der Waals surface area contributed by atoms with E-state index < -0.39 is 5.97 Å². The van der Waals surface area contributed by atoms with Gasteiger partial charge in [0, 0.05) is 74.8 Å². The molecule has 0 bridgehead atoms. The van der Waals surface area contributed by atoms with Crippen molar-refractivity contribution in [3.05, 3.63) is 59.6 Å². The number of aliphatic carboxylic acids is 1. The Morgan fingerprint density at radius 1 is 1.18 bits per heavy atom. The maximum Gasteiger partial charge on any atom is 0.328 e.